The molecule has 0 saturated heterocycles. The van der Waals surface area contributed by atoms with Gasteiger partial charge in [0.2, 0.25) is 0 Å². The van der Waals surface area contributed by atoms with Crippen molar-refractivity contribution >= 4 is 11.0 Å². The zero-order chi connectivity index (χ0) is 14.0. The van der Waals surface area contributed by atoms with Gasteiger partial charge in [0.15, 0.2) is 0 Å². The summed E-state index contributed by atoms with van der Waals surface area (Å²) in [5, 5.41) is 0. The lowest BCUT2D eigenvalue weighted by atomic mass is 9.89. The van der Waals surface area contributed by atoms with Crippen molar-refractivity contribution in [3.8, 4) is 0 Å². The molecule has 104 valence electrons. The number of benzene rings is 1. The Hall–Kier alpha value is -1.42. The highest BCUT2D eigenvalue weighted by Crippen LogP contribution is 2.22. The zero-order valence-corrected chi connectivity index (χ0v) is 11.8. The van der Waals surface area contributed by atoms with Crippen LogP contribution in [0.2, 0.25) is 0 Å². The van der Waals surface area contributed by atoms with Gasteiger partial charge in [-0.25, -0.2) is 9.37 Å². The molecule has 0 saturated carbocycles. The molecule has 19 heavy (non-hydrogen) atoms. The number of halogens is 1. The minimum absolute atomic E-state index is 0.111. The van der Waals surface area contributed by atoms with Crippen LogP contribution in [0.1, 0.15) is 19.7 Å². The monoisotopic (exact) mass is 263 g/mol. The Balaban J connectivity index is 2.23. The van der Waals surface area contributed by atoms with E-state index >= 15 is 0 Å². The van der Waals surface area contributed by atoms with E-state index in [1.807, 2.05) is 49.7 Å². The third kappa shape index (κ3) is 2.78. The van der Waals surface area contributed by atoms with Crippen LogP contribution in [-0.4, -0.2) is 22.3 Å². The fourth-order valence-corrected chi connectivity index (χ4v) is 2.54. The smallest absolute Gasteiger partial charge is 0.112 e. The van der Waals surface area contributed by atoms with E-state index < -0.39 is 6.17 Å². The summed E-state index contributed by atoms with van der Waals surface area (Å²) in [6.45, 7) is 4.40. The first-order chi connectivity index (χ1) is 9.04. The number of fused-ring (bicyclic) bond motifs is 1. The fourth-order valence-electron chi connectivity index (χ4n) is 2.54. The molecule has 0 aliphatic heterocycles. The number of alkyl halides is 1. The van der Waals surface area contributed by atoms with Crippen LogP contribution < -0.4 is 5.73 Å². The Morgan fingerprint density at radius 1 is 1.32 bits per heavy atom. The Bertz CT molecular complexity index is 547. The van der Waals surface area contributed by atoms with Crippen molar-refractivity contribution in [1.29, 1.82) is 0 Å². The highest BCUT2D eigenvalue weighted by atomic mass is 19.1. The van der Waals surface area contributed by atoms with Crippen molar-refractivity contribution in [2.24, 2.45) is 24.6 Å². The van der Waals surface area contributed by atoms with E-state index in [4.69, 9.17) is 5.73 Å². The lowest BCUT2D eigenvalue weighted by Crippen LogP contribution is -2.31. The standard InChI is InChI=1S/C15H22FN3/c1-10(2)11(9-17)12(16)8-15-18-13-6-4-5-7-14(13)19(15)3/h4-7,10-12H,8-9,17H2,1-3H3. The number of para-hydroxylation sites is 2. The van der Waals surface area contributed by atoms with Gasteiger partial charge in [-0.15, -0.1) is 0 Å². The molecule has 1 aromatic heterocycles. The Kier molecular flexibility index (Phi) is 4.20. The molecule has 0 aliphatic carbocycles. The number of hydrogen-bond donors (Lipinski definition) is 1. The molecule has 2 atom stereocenters. The van der Waals surface area contributed by atoms with Gasteiger partial charge in [-0.1, -0.05) is 26.0 Å². The summed E-state index contributed by atoms with van der Waals surface area (Å²) in [7, 11) is 1.93. The number of rotatable bonds is 5. The SMILES string of the molecule is CC(C)C(CN)C(F)Cc1nc2ccccc2n1C. The molecule has 0 aliphatic rings. The van der Waals surface area contributed by atoms with Gasteiger partial charge in [-0.05, 0) is 24.6 Å². The van der Waals surface area contributed by atoms with Crippen molar-refractivity contribution in [2.45, 2.75) is 26.4 Å². The number of nitrogens with zero attached hydrogens (tertiary/aromatic N) is 2. The number of imidazole rings is 1. The second kappa shape index (κ2) is 5.70. The fraction of sp³-hybridized carbons (Fsp3) is 0.533. The summed E-state index contributed by atoms with van der Waals surface area (Å²) >= 11 is 0. The van der Waals surface area contributed by atoms with Crippen molar-refractivity contribution in [2.75, 3.05) is 6.54 Å². The van der Waals surface area contributed by atoms with Crippen LogP contribution in [0.4, 0.5) is 4.39 Å². The first-order valence-corrected chi connectivity index (χ1v) is 6.79. The average Bonchev–Trinajstić information content (AvgIpc) is 2.67. The third-order valence-corrected chi connectivity index (χ3v) is 3.85. The number of nitrogens with two attached hydrogens (primary N) is 1. The third-order valence-electron chi connectivity index (χ3n) is 3.85. The van der Waals surface area contributed by atoms with Crippen LogP contribution in [0.15, 0.2) is 24.3 Å². The highest BCUT2D eigenvalue weighted by molar-refractivity contribution is 5.75. The molecule has 4 heteroatoms. The van der Waals surface area contributed by atoms with Gasteiger partial charge < -0.3 is 10.3 Å². The first-order valence-electron chi connectivity index (χ1n) is 6.79. The number of aryl methyl sites for hydroxylation is 1. The molecule has 0 radical (unpaired) electrons. The molecular weight excluding hydrogens is 241 g/mol. The molecule has 3 nitrogen and oxygen atoms in total. The number of aromatic nitrogens is 2. The van der Waals surface area contributed by atoms with E-state index in [0.29, 0.717) is 13.0 Å². The maximum Gasteiger partial charge on any atom is 0.112 e. The minimum atomic E-state index is -0.944. The van der Waals surface area contributed by atoms with E-state index in [1.54, 1.807) is 0 Å². The quantitative estimate of drug-likeness (QED) is 0.901. The van der Waals surface area contributed by atoms with Gasteiger partial charge in [-0.2, -0.15) is 0 Å². The molecule has 0 bridgehead atoms. The predicted molar refractivity (Wildman–Crippen MR) is 76.7 cm³/mol. The Morgan fingerprint density at radius 2 is 2.00 bits per heavy atom. The molecular formula is C15H22FN3. The summed E-state index contributed by atoms with van der Waals surface area (Å²) < 4.78 is 16.3. The predicted octanol–water partition coefficient (Wildman–Crippen LogP) is 2.68. The van der Waals surface area contributed by atoms with Crippen molar-refractivity contribution < 1.29 is 4.39 Å². The lowest BCUT2D eigenvalue weighted by Gasteiger charge is -2.22. The second-order valence-corrected chi connectivity index (χ2v) is 5.44. The van der Waals surface area contributed by atoms with Gasteiger partial charge in [-0.3, -0.25) is 0 Å². The van der Waals surface area contributed by atoms with Crippen LogP contribution >= 0.6 is 0 Å². The first kappa shape index (κ1) is 14.0. The van der Waals surface area contributed by atoms with E-state index in [1.165, 1.54) is 0 Å². The molecule has 2 aromatic rings. The molecule has 0 spiro atoms. The maximum atomic E-state index is 14.4. The van der Waals surface area contributed by atoms with Crippen LogP contribution in [0.5, 0.6) is 0 Å². The molecule has 0 amide bonds. The van der Waals surface area contributed by atoms with E-state index in [-0.39, 0.29) is 11.8 Å². The number of hydrogen-bond acceptors (Lipinski definition) is 2. The molecule has 1 heterocycles. The van der Waals surface area contributed by atoms with E-state index in [9.17, 15) is 4.39 Å². The minimum Gasteiger partial charge on any atom is -0.331 e. The van der Waals surface area contributed by atoms with Gasteiger partial charge in [0, 0.05) is 19.4 Å². The summed E-state index contributed by atoms with van der Waals surface area (Å²) in [5.74, 6) is 0.919. The maximum absolute atomic E-state index is 14.4. The summed E-state index contributed by atoms with van der Waals surface area (Å²) in [6.07, 6.45) is -0.619. The van der Waals surface area contributed by atoms with Crippen LogP contribution in [0.25, 0.3) is 11.0 Å². The van der Waals surface area contributed by atoms with Crippen LogP contribution in [0, 0.1) is 11.8 Å². The molecule has 1 aromatic carbocycles. The second-order valence-electron chi connectivity index (χ2n) is 5.44. The van der Waals surface area contributed by atoms with Crippen molar-refractivity contribution in [3.05, 3.63) is 30.1 Å². The zero-order valence-electron chi connectivity index (χ0n) is 11.8. The highest BCUT2D eigenvalue weighted by Gasteiger charge is 2.25. The molecule has 2 rings (SSSR count). The van der Waals surface area contributed by atoms with Crippen molar-refractivity contribution in [3.63, 3.8) is 0 Å². The normalized spacial score (nSPS) is 15.1. The van der Waals surface area contributed by atoms with Gasteiger partial charge in [0.25, 0.3) is 0 Å². The Labute approximate surface area is 113 Å². The molecule has 2 unspecified atom stereocenters. The summed E-state index contributed by atoms with van der Waals surface area (Å²) in [4.78, 5) is 4.51. The largest absolute Gasteiger partial charge is 0.331 e. The van der Waals surface area contributed by atoms with Crippen LogP contribution in [0.3, 0.4) is 0 Å². The molecule has 2 N–H and O–H groups in total. The summed E-state index contributed by atoms with van der Waals surface area (Å²) in [5.41, 5.74) is 7.63. The van der Waals surface area contributed by atoms with Gasteiger partial charge in [0.05, 0.1) is 11.0 Å². The van der Waals surface area contributed by atoms with E-state index in [2.05, 4.69) is 4.98 Å². The van der Waals surface area contributed by atoms with Gasteiger partial charge in [0.1, 0.15) is 12.0 Å². The van der Waals surface area contributed by atoms with Gasteiger partial charge >= 0.3 is 0 Å². The lowest BCUT2D eigenvalue weighted by molar-refractivity contribution is 0.182. The summed E-state index contributed by atoms with van der Waals surface area (Å²) in [6, 6.07) is 7.87. The van der Waals surface area contributed by atoms with Crippen LogP contribution in [-0.2, 0) is 13.5 Å². The molecule has 0 fully saturated rings. The van der Waals surface area contributed by atoms with Crippen molar-refractivity contribution in [1.82, 2.24) is 9.55 Å². The van der Waals surface area contributed by atoms with E-state index in [0.717, 1.165) is 16.9 Å². The Morgan fingerprint density at radius 3 is 2.58 bits per heavy atom. The average molecular weight is 263 g/mol. The topological polar surface area (TPSA) is 43.8 Å².